The molecule has 0 N–H and O–H groups in total. The van der Waals surface area contributed by atoms with E-state index in [1.807, 2.05) is 23.5 Å². The minimum Gasteiger partial charge on any atom is -0.302 e. The lowest BCUT2D eigenvalue weighted by molar-refractivity contribution is 0.336. The standard InChI is InChI=1S/C15H16ClNS/c1-3-4-13-11-9-17(2)8-7-10-12(16)5-6-14(18-13)15(10)11/h3,5-6H,1,4,7-9H2,2H3. The summed E-state index contributed by atoms with van der Waals surface area (Å²) in [6, 6.07) is 4.20. The van der Waals surface area contributed by atoms with E-state index in [2.05, 4.69) is 24.6 Å². The first-order valence-electron chi connectivity index (χ1n) is 6.21. The Kier molecular flexibility index (Phi) is 3.18. The van der Waals surface area contributed by atoms with Gasteiger partial charge in [-0.25, -0.2) is 0 Å². The molecule has 0 fully saturated rings. The van der Waals surface area contributed by atoms with E-state index >= 15 is 0 Å². The molecule has 0 aliphatic carbocycles. The quantitative estimate of drug-likeness (QED) is 0.741. The predicted octanol–water partition coefficient (Wildman–Crippen LogP) is 4.27. The van der Waals surface area contributed by atoms with Crippen LogP contribution < -0.4 is 0 Å². The summed E-state index contributed by atoms with van der Waals surface area (Å²) >= 11 is 8.27. The van der Waals surface area contributed by atoms with Crippen molar-refractivity contribution in [2.24, 2.45) is 0 Å². The van der Waals surface area contributed by atoms with Gasteiger partial charge in [-0.2, -0.15) is 0 Å². The van der Waals surface area contributed by atoms with E-state index in [9.17, 15) is 0 Å². The number of hydrogen-bond acceptors (Lipinski definition) is 2. The Morgan fingerprint density at radius 3 is 3.06 bits per heavy atom. The molecule has 2 heterocycles. The normalized spacial score (nSPS) is 15.9. The van der Waals surface area contributed by atoms with E-state index in [4.69, 9.17) is 11.6 Å². The van der Waals surface area contributed by atoms with Gasteiger partial charge < -0.3 is 4.90 Å². The fourth-order valence-electron chi connectivity index (χ4n) is 2.71. The molecule has 0 radical (unpaired) electrons. The van der Waals surface area contributed by atoms with Gasteiger partial charge in [0.1, 0.15) is 0 Å². The van der Waals surface area contributed by atoms with Gasteiger partial charge in [0.15, 0.2) is 0 Å². The highest BCUT2D eigenvalue weighted by atomic mass is 35.5. The summed E-state index contributed by atoms with van der Waals surface area (Å²) in [6.45, 7) is 5.97. The first kappa shape index (κ1) is 12.2. The SMILES string of the molecule is C=CCc1sc2ccc(Cl)c3c2c1CN(C)CC3. The summed E-state index contributed by atoms with van der Waals surface area (Å²) in [5.41, 5.74) is 2.80. The average molecular weight is 278 g/mol. The van der Waals surface area contributed by atoms with Gasteiger partial charge in [-0.1, -0.05) is 17.7 Å². The molecule has 0 unspecified atom stereocenters. The zero-order valence-corrected chi connectivity index (χ0v) is 12.1. The van der Waals surface area contributed by atoms with Crippen molar-refractivity contribution in [3.63, 3.8) is 0 Å². The molecule has 3 heteroatoms. The van der Waals surface area contributed by atoms with Crippen molar-refractivity contribution in [1.82, 2.24) is 4.90 Å². The molecule has 0 saturated carbocycles. The first-order chi connectivity index (χ1) is 8.70. The molecule has 0 spiro atoms. The van der Waals surface area contributed by atoms with E-state index in [0.29, 0.717) is 0 Å². The number of benzene rings is 1. The predicted molar refractivity (Wildman–Crippen MR) is 80.8 cm³/mol. The number of rotatable bonds is 2. The highest BCUT2D eigenvalue weighted by Gasteiger charge is 2.21. The van der Waals surface area contributed by atoms with Crippen LogP contribution in [0.3, 0.4) is 0 Å². The highest BCUT2D eigenvalue weighted by Crippen LogP contribution is 2.39. The largest absolute Gasteiger partial charge is 0.302 e. The number of allylic oxidation sites excluding steroid dienone is 1. The molecule has 1 nitrogen and oxygen atoms in total. The van der Waals surface area contributed by atoms with Crippen LogP contribution in [0.4, 0.5) is 0 Å². The lowest BCUT2D eigenvalue weighted by Crippen LogP contribution is -2.18. The third-order valence-corrected chi connectivity index (χ3v) is 5.16. The van der Waals surface area contributed by atoms with Crippen molar-refractivity contribution in [2.75, 3.05) is 13.6 Å². The molecule has 2 aromatic rings. The van der Waals surface area contributed by atoms with Crippen molar-refractivity contribution in [3.05, 3.63) is 45.8 Å². The van der Waals surface area contributed by atoms with Crippen LogP contribution in [0.1, 0.15) is 16.0 Å². The highest BCUT2D eigenvalue weighted by molar-refractivity contribution is 7.19. The number of halogens is 1. The smallest absolute Gasteiger partial charge is 0.0445 e. The van der Waals surface area contributed by atoms with E-state index in [1.54, 1.807) is 0 Å². The number of likely N-dealkylation sites (N-methyl/N-ethyl adjacent to an activating group) is 1. The second-order valence-electron chi connectivity index (χ2n) is 4.88. The maximum absolute atomic E-state index is 6.38. The molecular formula is C15H16ClNS. The van der Waals surface area contributed by atoms with E-state index in [-0.39, 0.29) is 0 Å². The van der Waals surface area contributed by atoms with Gasteiger partial charge in [-0.05, 0) is 43.1 Å². The molecule has 0 amide bonds. The van der Waals surface area contributed by atoms with Crippen molar-refractivity contribution in [2.45, 2.75) is 19.4 Å². The Bertz CT molecular complexity index is 614. The van der Waals surface area contributed by atoms with E-state index in [0.717, 1.165) is 31.0 Å². The fourth-order valence-corrected chi connectivity index (χ4v) is 4.20. The summed E-state index contributed by atoms with van der Waals surface area (Å²) in [4.78, 5) is 3.82. The first-order valence-corrected chi connectivity index (χ1v) is 7.41. The maximum atomic E-state index is 6.38. The molecule has 1 aromatic carbocycles. The molecule has 0 saturated heterocycles. The van der Waals surface area contributed by atoms with Crippen molar-refractivity contribution in [3.8, 4) is 0 Å². The van der Waals surface area contributed by atoms with Crippen LogP contribution in [0.25, 0.3) is 10.1 Å². The molecule has 1 aliphatic rings. The fraction of sp³-hybridized carbons (Fsp3) is 0.333. The van der Waals surface area contributed by atoms with Crippen LogP contribution in [0, 0.1) is 0 Å². The number of thiophene rings is 1. The van der Waals surface area contributed by atoms with Crippen molar-refractivity contribution < 1.29 is 0 Å². The minimum atomic E-state index is 0.919. The van der Waals surface area contributed by atoms with E-state index in [1.165, 1.54) is 26.1 Å². The van der Waals surface area contributed by atoms with E-state index < -0.39 is 0 Å². The van der Waals surface area contributed by atoms with Crippen molar-refractivity contribution >= 4 is 33.0 Å². The third-order valence-electron chi connectivity index (χ3n) is 3.59. The maximum Gasteiger partial charge on any atom is 0.0445 e. The summed E-state index contributed by atoms with van der Waals surface area (Å²) in [6.07, 6.45) is 4.00. The summed E-state index contributed by atoms with van der Waals surface area (Å²) < 4.78 is 1.37. The lowest BCUT2D eigenvalue weighted by atomic mass is 10.0. The zero-order chi connectivity index (χ0) is 12.7. The molecule has 0 bridgehead atoms. The van der Waals surface area contributed by atoms with Gasteiger partial charge in [0.2, 0.25) is 0 Å². The Morgan fingerprint density at radius 1 is 1.44 bits per heavy atom. The monoisotopic (exact) mass is 277 g/mol. The van der Waals surface area contributed by atoms with Crippen LogP contribution >= 0.6 is 22.9 Å². The minimum absolute atomic E-state index is 0.919. The Balaban J connectivity index is 2.31. The van der Waals surface area contributed by atoms with Crippen LogP contribution in [-0.2, 0) is 19.4 Å². The average Bonchev–Trinajstić information content (AvgIpc) is 2.56. The molecule has 1 aromatic heterocycles. The molecule has 3 rings (SSSR count). The van der Waals surface area contributed by atoms with Crippen LogP contribution in [0.2, 0.25) is 5.02 Å². The Morgan fingerprint density at radius 2 is 2.28 bits per heavy atom. The van der Waals surface area contributed by atoms with Gasteiger partial charge in [0.05, 0.1) is 0 Å². The second-order valence-corrected chi connectivity index (χ2v) is 6.43. The van der Waals surface area contributed by atoms with Crippen LogP contribution in [0.15, 0.2) is 24.8 Å². The van der Waals surface area contributed by atoms with Crippen LogP contribution in [0.5, 0.6) is 0 Å². The van der Waals surface area contributed by atoms with Gasteiger partial charge in [-0.3, -0.25) is 0 Å². The topological polar surface area (TPSA) is 3.24 Å². The lowest BCUT2D eigenvalue weighted by Gasteiger charge is -2.13. The summed E-state index contributed by atoms with van der Waals surface area (Å²) in [7, 11) is 2.18. The molecule has 0 atom stereocenters. The molecule has 1 aliphatic heterocycles. The summed E-state index contributed by atoms with van der Waals surface area (Å²) in [5, 5.41) is 2.33. The number of hydrogen-bond donors (Lipinski definition) is 0. The molecular weight excluding hydrogens is 262 g/mol. The Hall–Kier alpha value is -0.830. The van der Waals surface area contributed by atoms with Crippen LogP contribution in [-0.4, -0.2) is 18.5 Å². The Labute approximate surface area is 117 Å². The van der Waals surface area contributed by atoms with Gasteiger partial charge in [-0.15, -0.1) is 17.9 Å². The zero-order valence-electron chi connectivity index (χ0n) is 10.5. The summed E-state index contributed by atoms with van der Waals surface area (Å²) in [5.74, 6) is 0. The third kappa shape index (κ3) is 1.89. The van der Waals surface area contributed by atoms with Gasteiger partial charge >= 0.3 is 0 Å². The number of nitrogens with zero attached hydrogens (tertiary/aromatic N) is 1. The van der Waals surface area contributed by atoms with Crippen molar-refractivity contribution in [1.29, 1.82) is 0 Å². The second kappa shape index (κ2) is 4.69. The van der Waals surface area contributed by atoms with Gasteiger partial charge in [0, 0.05) is 33.1 Å². The molecule has 18 heavy (non-hydrogen) atoms. The molecule has 94 valence electrons. The van der Waals surface area contributed by atoms with Gasteiger partial charge in [0.25, 0.3) is 0 Å².